The van der Waals surface area contributed by atoms with Gasteiger partial charge in [-0.2, -0.15) is 0 Å². The maximum atomic E-state index is 13.3. The lowest BCUT2D eigenvalue weighted by molar-refractivity contribution is 0.102. The molecular weight excluding hydrogens is 391 g/mol. The third-order valence-electron chi connectivity index (χ3n) is 4.30. The number of halogens is 1. The molecule has 3 aromatic carbocycles. The minimum absolute atomic E-state index is 0.00329. The van der Waals surface area contributed by atoms with Crippen LogP contribution >= 0.6 is 0 Å². The summed E-state index contributed by atoms with van der Waals surface area (Å²) in [6.07, 6.45) is 0. The Labute approximate surface area is 169 Å². The van der Waals surface area contributed by atoms with Crippen LogP contribution in [0, 0.1) is 26.6 Å². The molecule has 3 aromatic rings. The molecule has 0 aliphatic rings. The van der Waals surface area contributed by atoms with Crippen LogP contribution in [0.3, 0.4) is 0 Å². The summed E-state index contributed by atoms with van der Waals surface area (Å²) in [5.41, 5.74) is 3.26. The van der Waals surface area contributed by atoms with Crippen LogP contribution < -0.4 is 10.0 Å². The van der Waals surface area contributed by atoms with E-state index in [9.17, 15) is 17.6 Å². The van der Waals surface area contributed by atoms with E-state index in [4.69, 9.17) is 0 Å². The summed E-state index contributed by atoms with van der Waals surface area (Å²) < 4.78 is 41.8. The topological polar surface area (TPSA) is 75.3 Å². The van der Waals surface area contributed by atoms with Gasteiger partial charge in [0.2, 0.25) is 0 Å². The molecule has 2 N–H and O–H groups in total. The van der Waals surface area contributed by atoms with Crippen LogP contribution in [0.2, 0.25) is 0 Å². The average molecular weight is 412 g/mol. The minimum Gasteiger partial charge on any atom is -0.322 e. The molecule has 0 fully saturated rings. The van der Waals surface area contributed by atoms with Crippen LogP contribution in [0.15, 0.2) is 65.6 Å². The summed E-state index contributed by atoms with van der Waals surface area (Å²) in [5.74, 6) is -1.01. The van der Waals surface area contributed by atoms with Gasteiger partial charge in [0.1, 0.15) is 5.82 Å². The summed E-state index contributed by atoms with van der Waals surface area (Å²) in [7, 11) is -3.90. The second-order valence-electron chi connectivity index (χ2n) is 6.93. The van der Waals surface area contributed by atoms with Gasteiger partial charge < -0.3 is 5.32 Å². The number of carbonyl (C=O) groups is 1. The zero-order valence-electron chi connectivity index (χ0n) is 16.3. The summed E-state index contributed by atoms with van der Waals surface area (Å²) in [6, 6.07) is 15.3. The fourth-order valence-corrected chi connectivity index (χ4v) is 4.36. The molecule has 0 heterocycles. The Balaban J connectivity index is 1.90. The summed E-state index contributed by atoms with van der Waals surface area (Å²) in [4.78, 5) is 12.5. The van der Waals surface area contributed by atoms with E-state index in [1.807, 2.05) is 19.9 Å². The Hall–Kier alpha value is -3.19. The van der Waals surface area contributed by atoms with Crippen LogP contribution in [-0.2, 0) is 10.0 Å². The van der Waals surface area contributed by atoms with Gasteiger partial charge in [-0.25, -0.2) is 12.8 Å². The van der Waals surface area contributed by atoms with Crippen molar-refractivity contribution in [2.45, 2.75) is 25.7 Å². The number of benzene rings is 3. The van der Waals surface area contributed by atoms with Crippen molar-refractivity contribution in [2.75, 3.05) is 10.0 Å². The van der Waals surface area contributed by atoms with Gasteiger partial charge in [0, 0.05) is 16.9 Å². The highest BCUT2D eigenvalue weighted by atomic mass is 32.2. The van der Waals surface area contributed by atoms with E-state index in [1.165, 1.54) is 30.3 Å². The number of rotatable bonds is 5. The molecule has 0 saturated carbocycles. The summed E-state index contributed by atoms with van der Waals surface area (Å²) in [6.45, 7) is 5.42. The first-order valence-electron chi connectivity index (χ1n) is 8.93. The number of aryl methyl sites for hydroxylation is 3. The number of hydrogen-bond donors (Lipinski definition) is 2. The predicted octanol–water partition coefficient (Wildman–Crippen LogP) is 4.80. The van der Waals surface area contributed by atoms with Gasteiger partial charge in [-0.15, -0.1) is 0 Å². The molecule has 0 spiro atoms. The van der Waals surface area contributed by atoms with Gasteiger partial charge >= 0.3 is 0 Å². The first-order chi connectivity index (χ1) is 13.6. The standard InChI is InChI=1S/C22H21FN2O3S/c1-14-9-15(2)11-20(10-14)25-29(27,28)21-12-17(8-7-16(21)3)22(26)24-19-6-4-5-18(23)13-19/h4-13,25H,1-3H3,(H,24,26). The Kier molecular flexibility index (Phi) is 5.70. The van der Waals surface area contributed by atoms with Crippen LogP contribution in [0.25, 0.3) is 0 Å². The molecule has 1 amide bonds. The van der Waals surface area contributed by atoms with Crippen LogP contribution in [0.4, 0.5) is 15.8 Å². The fourth-order valence-electron chi connectivity index (χ4n) is 3.04. The van der Waals surface area contributed by atoms with Crippen LogP contribution in [0.5, 0.6) is 0 Å². The zero-order valence-corrected chi connectivity index (χ0v) is 17.1. The van der Waals surface area contributed by atoms with Gasteiger partial charge in [-0.3, -0.25) is 9.52 Å². The van der Waals surface area contributed by atoms with Gasteiger partial charge in [-0.05, 0) is 79.9 Å². The van der Waals surface area contributed by atoms with Crippen molar-refractivity contribution in [3.8, 4) is 0 Å². The fraction of sp³-hybridized carbons (Fsp3) is 0.136. The molecule has 0 radical (unpaired) electrons. The molecule has 0 aliphatic carbocycles. The molecular formula is C22H21FN2O3S. The van der Waals surface area contributed by atoms with Crippen LogP contribution in [0.1, 0.15) is 27.0 Å². The molecule has 0 atom stereocenters. The second-order valence-corrected chi connectivity index (χ2v) is 8.58. The SMILES string of the molecule is Cc1cc(C)cc(NS(=O)(=O)c2cc(C(=O)Nc3cccc(F)c3)ccc2C)c1. The molecule has 3 rings (SSSR count). The van der Waals surface area contributed by atoms with Crippen molar-refractivity contribution >= 4 is 27.3 Å². The Bertz CT molecular complexity index is 1170. The van der Waals surface area contributed by atoms with Crippen molar-refractivity contribution in [1.29, 1.82) is 0 Å². The minimum atomic E-state index is -3.90. The number of amides is 1. The van der Waals surface area contributed by atoms with Gasteiger partial charge in [0.15, 0.2) is 0 Å². The molecule has 0 aliphatic heterocycles. The molecule has 7 heteroatoms. The van der Waals surface area contributed by atoms with E-state index in [1.54, 1.807) is 31.2 Å². The lowest BCUT2D eigenvalue weighted by Gasteiger charge is -2.13. The van der Waals surface area contributed by atoms with Crippen LogP contribution in [-0.4, -0.2) is 14.3 Å². The van der Waals surface area contributed by atoms with Crippen molar-refractivity contribution < 1.29 is 17.6 Å². The molecule has 0 unspecified atom stereocenters. The van der Waals surface area contributed by atoms with E-state index in [0.29, 0.717) is 11.3 Å². The number of anilines is 2. The largest absolute Gasteiger partial charge is 0.322 e. The van der Waals surface area contributed by atoms with E-state index < -0.39 is 21.7 Å². The number of carbonyl (C=O) groups excluding carboxylic acids is 1. The molecule has 0 saturated heterocycles. The van der Waals surface area contributed by atoms with E-state index >= 15 is 0 Å². The van der Waals surface area contributed by atoms with E-state index in [2.05, 4.69) is 10.0 Å². The maximum Gasteiger partial charge on any atom is 0.262 e. The first-order valence-corrected chi connectivity index (χ1v) is 10.4. The first kappa shape index (κ1) is 20.5. The second kappa shape index (κ2) is 8.05. The zero-order chi connectivity index (χ0) is 21.2. The average Bonchev–Trinajstić information content (AvgIpc) is 2.60. The number of sulfonamides is 1. The number of nitrogens with one attached hydrogen (secondary N) is 2. The van der Waals surface area contributed by atoms with Gasteiger partial charge in [0.25, 0.3) is 15.9 Å². The molecule has 29 heavy (non-hydrogen) atoms. The lowest BCUT2D eigenvalue weighted by atomic mass is 10.1. The molecule has 150 valence electrons. The molecule has 5 nitrogen and oxygen atoms in total. The smallest absolute Gasteiger partial charge is 0.262 e. The highest BCUT2D eigenvalue weighted by Crippen LogP contribution is 2.23. The summed E-state index contributed by atoms with van der Waals surface area (Å²) in [5, 5.41) is 2.57. The highest BCUT2D eigenvalue weighted by Gasteiger charge is 2.20. The third kappa shape index (κ3) is 5.00. The molecule has 0 aromatic heterocycles. The van der Waals surface area contributed by atoms with Gasteiger partial charge in [-0.1, -0.05) is 18.2 Å². The predicted molar refractivity (Wildman–Crippen MR) is 112 cm³/mol. The summed E-state index contributed by atoms with van der Waals surface area (Å²) >= 11 is 0. The quantitative estimate of drug-likeness (QED) is 0.632. The molecule has 0 bridgehead atoms. The normalized spacial score (nSPS) is 11.2. The number of hydrogen-bond acceptors (Lipinski definition) is 3. The van der Waals surface area contributed by atoms with E-state index in [-0.39, 0.29) is 16.1 Å². The Morgan fingerprint density at radius 2 is 1.55 bits per heavy atom. The lowest BCUT2D eigenvalue weighted by Crippen LogP contribution is -2.17. The third-order valence-corrected chi connectivity index (χ3v) is 5.82. The van der Waals surface area contributed by atoms with Crippen molar-refractivity contribution in [3.05, 3.63) is 88.7 Å². The van der Waals surface area contributed by atoms with Crippen molar-refractivity contribution in [3.63, 3.8) is 0 Å². The monoisotopic (exact) mass is 412 g/mol. The Morgan fingerprint density at radius 1 is 0.862 bits per heavy atom. The Morgan fingerprint density at radius 3 is 2.21 bits per heavy atom. The highest BCUT2D eigenvalue weighted by molar-refractivity contribution is 7.92. The maximum absolute atomic E-state index is 13.3. The van der Waals surface area contributed by atoms with Crippen molar-refractivity contribution in [1.82, 2.24) is 0 Å². The van der Waals surface area contributed by atoms with E-state index in [0.717, 1.165) is 11.1 Å². The van der Waals surface area contributed by atoms with Crippen molar-refractivity contribution in [2.24, 2.45) is 0 Å². The van der Waals surface area contributed by atoms with Gasteiger partial charge in [0.05, 0.1) is 4.90 Å².